The number of carbonyl (C=O) groups is 1. The first-order valence-corrected chi connectivity index (χ1v) is 7.59. The molecule has 1 aliphatic rings. The number of nitrogens with zero attached hydrogens (tertiary/aromatic N) is 2. The third kappa shape index (κ3) is 5.31. The first kappa shape index (κ1) is 15.3. The summed E-state index contributed by atoms with van der Waals surface area (Å²) < 4.78 is 20.7. The topological polar surface area (TPSA) is 77.4 Å². The number of alkyl carbamates (subject to hydrolysis) is 1. The number of hydrogen-bond acceptors (Lipinski definition) is 5. The third-order valence-electron chi connectivity index (χ3n) is 3.00. The average Bonchev–Trinajstić information content (AvgIpc) is 2.74. The van der Waals surface area contributed by atoms with Crippen molar-refractivity contribution >= 4 is 6.09 Å². The van der Waals surface area contributed by atoms with E-state index in [9.17, 15) is 4.79 Å². The van der Waals surface area contributed by atoms with Crippen LogP contribution in [0.1, 0.15) is 40.5 Å². The second-order valence-electron chi connectivity index (χ2n) is 6.48. The van der Waals surface area contributed by atoms with Crippen LogP contribution in [0.2, 0.25) is 0 Å². The molecule has 0 fully saturated rings. The summed E-state index contributed by atoms with van der Waals surface area (Å²) in [5.41, 5.74) is 1.01. The van der Waals surface area contributed by atoms with Gasteiger partial charge < -0.3 is 20.1 Å². The molecule has 7 heteroatoms. The molecule has 2 N–H and O–H groups in total. The second-order valence-corrected chi connectivity index (χ2v) is 6.48. The minimum Gasteiger partial charge on any atom is -0.444 e. The van der Waals surface area contributed by atoms with Crippen molar-refractivity contribution in [1.29, 1.82) is 0 Å². The SMILES string of the molecule is [2H]c1c(COC[C@H](C)NC(=O)OC(C)(C)C)nn2c1CNCC2. The smallest absolute Gasteiger partial charge is 0.407 e. The van der Waals surface area contributed by atoms with Crippen LogP contribution in [0.25, 0.3) is 0 Å². The highest BCUT2D eigenvalue weighted by atomic mass is 16.6. The van der Waals surface area contributed by atoms with Crippen LogP contribution in [0, 0.1) is 0 Å². The van der Waals surface area contributed by atoms with E-state index in [1.807, 2.05) is 32.4 Å². The van der Waals surface area contributed by atoms with Crippen molar-refractivity contribution in [3.8, 4) is 0 Å². The van der Waals surface area contributed by atoms with E-state index >= 15 is 0 Å². The van der Waals surface area contributed by atoms with E-state index in [0.29, 0.717) is 24.9 Å². The molecule has 0 spiro atoms. The van der Waals surface area contributed by atoms with Gasteiger partial charge in [-0.3, -0.25) is 4.68 Å². The lowest BCUT2D eigenvalue weighted by Crippen LogP contribution is -2.39. The van der Waals surface area contributed by atoms with Gasteiger partial charge in [0, 0.05) is 13.1 Å². The van der Waals surface area contributed by atoms with Crippen molar-refractivity contribution in [2.24, 2.45) is 0 Å². The predicted molar refractivity (Wildman–Crippen MR) is 82.4 cm³/mol. The van der Waals surface area contributed by atoms with E-state index in [1.54, 1.807) is 0 Å². The first-order chi connectivity index (χ1) is 10.8. The zero-order valence-electron chi connectivity index (χ0n) is 14.7. The zero-order chi connectivity index (χ0) is 17.0. The second kappa shape index (κ2) is 7.11. The van der Waals surface area contributed by atoms with Gasteiger partial charge in [-0.2, -0.15) is 5.10 Å². The lowest BCUT2D eigenvalue weighted by atomic mass is 10.2. The normalized spacial score (nSPS) is 16.6. The molecule has 1 atom stereocenters. The molecule has 0 bridgehead atoms. The fraction of sp³-hybridized carbons (Fsp3) is 0.733. The molecular formula is C15H26N4O3. The number of hydrogen-bond donors (Lipinski definition) is 2. The van der Waals surface area contributed by atoms with Crippen molar-refractivity contribution in [3.63, 3.8) is 0 Å². The van der Waals surface area contributed by atoms with E-state index in [1.165, 1.54) is 0 Å². The number of amides is 1. The van der Waals surface area contributed by atoms with Crippen LogP contribution in [-0.4, -0.2) is 40.7 Å². The summed E-state index contributed by atoms with van der Waals surface area (Å²) in [6, 6.07) is 0.253. The molecule has 0 unspecified atom stereocenters. The Balaban J connectivity index is 1.76. The molecule has 7 nitrogen and oxygen atoms in total. The van der Waals surface area contributed by atoms with Gasteiger partial charge in [0.05, 0.1) is 38.6 Å². The Kier molecular flexibility index (Phi) is 4.94. The number of fused-ring (bicyclic) bond motifs is 1. The highest BCUT2D eigenvalue weighted by molar-refractivity contribution is 5.68. The fourth-order valence-corrected chi connectivity index (χ4v) is 2.12. The molecule has 2 rings (SSSR count). The monoisotopic (exact) mass is 311 g/mol. The molecule has 0 aliphatic carbocycles. The van der Waals surface area contributed by atoms with E-state index in [0.717, 1.165) is 18.8 Å². The van der Waals surface area contributed by atoms with E-state index in [-0.39, 0.29) is 12.6 Å². The molecule has 0 saturated carbocycles. The molecule has 0 aromatic carbocycles. The van der Waals surface area contributed by atoms with Crippen LogP contribution < -0.4 is 10.6 Å². The minimum absolute atomic E-state index is 0.182. The predicted octanol–water partition coefficient (Wildman–Crippen LogP) is 1.42. The summed E-state index contributed by atoms with van der Waals surface area (Å²) in [6.45, 7) is 10.2. The minimum atomic E-state index is -0.520. The van der Waals surface area contributed by atoms with Gasteiger partial charge >= 0.3 is 6.09 Å². The van der Waals surface area contributed by atoms with E-state index < -0.39 is 11.7 Å². The van der Waals surface area contributed by atoms with Crippen molar-refractivity contribution in [1.82, 2.24) is 20.4 Å². The maximum atomic E-state index is 11.6. The summed E-state index contributed by atoms with van der Waals surface area (Å²) in [4.78, 5) is 11.6. The average molecular weight is 311 g/mol. The highest BCUT2D eigenvalue weighted by Gasteiger charge is 2.18. The zero-order valence-corrected chi connectivity index (χ0v) is 13.7. The molecule has 2 heterocycles. The van der Waals surface area contributed by atoms with Gasteiger partial charge in [-0.05, 0) is 33.7 Å². The summed E-state index contributed by atoms with van der Waals surface area (Å²) in [5.74, 6) is 0. The number of ether oxygens (including phenoxy) is 2. The van der Waals surface area contributed by atoms with Crippen LogP contribution in [0.15, 0.2) is 6.04 Å². The summed E-state index contributed by atoms with van der Waals surface area (Å²) in [5, 5.41) is 10.4. The van der Waals surface area contributed by atoms with Gasteiger partial charge in [-0.15, -0.1) is 0 Å². The Hall–Kier alpha value is -1.60. The standard InChI is InChI=1S/C15H26N4O3/c1-11(17-14(20)22-15(2,3)4)9-21-10-12-7-13-8-16-5-6-19(13)18-12/h7,11,16H,5-6,8-10H2,1-4H3,(H,17,20)/t11-/m0/s1/i7D. The van der Waals surface area contributed by atoms with Crippen LogP contribution in [-0.2, 0) is 29.2 Å². The first-order valence-electron chi connectivity index (χ1n) is 8.09. The molecule has 1 aromatic rings. The maximum Gasteiger partial charge on any atom is 0.407 e. The Morgan fingerprint density at radius 1 is 1.64 bits per heavy atom. The molecule has 124 valence electrons. The molecule has 0 radical (unpaired) electrons. The van der Waals surface area contributed by atoms with Gasteiger partial charge in [0.25, 0.3) is 0 Å². The van der Waals surface area contributed by atoms with Crippen LogP contribution >= 0.6 is 0 Å². The number of nitrogens with one attached hydrogen (secondary N) is 2. The molecule has 1 aromatic heterocycles. The Morgan fingerprint density at radius 3 is 3.09 bits per heavy atom. The largest absolute Gasteiger partial charge is 0.444 e. The molecule has 1 aliphatic heterocycles. The summed E-state index contributed by atoms with van der Waals surface area (Å²) >= 11 is 0. The molecule has 1 amide bonds. The van der Waals surface area contributed by atoms with Gasteiger partial charge in [0.1, 0.15) is 5.60 Å². The Labute approximate surface area is 132 Å². The van der Waals surface area contributed by atoms with Gasteiger partial charge in [-0.25, -0.2) is 4.79 Å². The van der Waals surface area contributed by atoms with Crippen LogP contribution in [0.3, 0.4) is 0 Å². The van der Waals surface area contributed by atoms with Crippen LogP contribution in [0.4, 0.5) is 4.79 Å². The van der Waals surface area contributed by atoms with Gasteiger partial charge in [0.15, 0.2) is 0 Å². The highest BCUT2D eigenvalue weighted by Crippen LogP contribution is 2.09. The fourth-order valence-electron chi connectivity index (χ4n) is 2.12. The number of aromatic nitrogens is 2. The van der Waals surface area contributed by atoms with Crippen LogP contribution in [0.5, 0.6) is 0 Å². The van der Waals surface area contributed by atoms with Gasteiger partial charge in [-0.1, -0.05) is 0 Å². The van der Waals surface area contributed by atoms with Crippen molar-refractivity contribution in [2.45, 2.75) is 59.0 Å². The van der Waals surface area contributed by atoms with Gasteiger partial charge in [0.2, 0.25) is 0 Å². The maximum absolute atomic E-state index is 11.6. The lowest BCUT2D eigenvalue weighted by molar-refractivity contribution is 0.0440. The number of carbonyl (C=O) groups excluding carboxylic acids is 1. The number of rotatable bonds is 5. The molecule has 0 saturated heterocycles. The Morgan fingerprint density at radius 2 is 2.41 bits per heavy atom. The Bertz CT molecular complexity index is 554. The molecule has 22 heavy (non-hydrogen) atoms. The third-order valence-corrected chi connectivity index (χ3v) is 3.00. The van der Waals surface area contributed by atoms with E-state index in [4.69, 9.17) is 10.8 Å². The van der Waals surface area contributed by atoms with Crippen molar-refractivity contribution in [2.75, 3.05) is 13.2 Å². The quantitative estimate of drug-likeness (QED) is 0.860. The lowest BCUT2D eigenvalue weighted by Gasteiger charge is -2.21. The van der Waals surface area contributed by atoms with E-state index in [2.05, 4.69) is 15.7 Å². The molecular weight excluding hydrogens is 284 g/mol. The van der Waals surface area contributed by atoms with Crippen molar-refractivity contribution in [3.05, 3.63) is 17.4 Å². The summed E-state index contributed by atoms with van der Waals surface area (Å²) in [6.07, 6.45) is -0.460. The summed E-state index contributed by atoms with van der Waals surface area (Å²) in [7, 11) is 0. The van der Waals surface area contributed by atoms with Crippen molar-refractivity contribution < 1.29 is 15.6 Å².